The molecule has 0 amide bonds. The molecule has 0 fully saturated rings. The number of nitrogens with one attached hydrogen (secondary N) is 2. The molecule has 2 unspecified atom stereocenters. The zero-order valence-corrected chi connectivity index (χ0v) is 12.0. The van der Waals surface area contributed by atoms with Crippen LogP contribution < -0.4 is 5.32 Å². The molecular formula is C14H26FN3O. The maximum absolute atomic E-state index is 11.9. The van der Waals surface area contributed by atoms with E-state index in [-0.39, 0.29) is 12.8 Å². The van der Waals surface area contributed by atoms with Crippen LogP contribution in [0.4, 0.5) is 10.3 Å². The van der Waals surface area contributed by atoms with Gasteiger partial charge in [-0.15, -0.1) is 0 Å². The number of ether oxygens (including phenoxy) is 1. The van der Waals surface area contributed by atoms with Crippen molar-refractivity contribution in [2.75, 3.05) is 25.1 Å². The Hall–Kier alpha value is -1.10. The summed E-state index contributed by atoms with van der Waals surface area (Å²) in [4.78, 5) is 7.14. The summed E-state index contributed by atoms with van der Waals surface area (Å²) in [7, 11) is 0. The fourth-order valence-corrected chi connectivity index (χ4v) is 1.91. The molecular weight excluding hydrogens is 245 g/mol. The van der Waals surface area contributed by atoms with Crippen molar-refractivity contribution in [1.29, 1.82) is 0 Å². The zero-order chi connectivity index (χ0) is 13.9. The third kappa shape index (κ3) is 7.82. The lowest BCUT2D eigenvalue weighted by molar-refractivity contribution is 0.0535. The van der Waals surface area contributed by atoms with E-state index in [4.69, 9.17) is 4.74 Å². The number of nitrogens with zero attached hydrogens (tertiary/aromatic N) is 1. The molecule has 0 aromatic carbocycles. The molecule has 0 radical (unpaired) electrons. The van der Waals surface area contributed by atoms with Crippen LogP contribution in [0, 0.1) is 5.92 Å². The van der Waals surface area contributed by atoms with Gasteiger partial charge in [0.05, 0.1) is 12.8 Å². The molecule has 1 aromatic heterocycles. The quantitative estimate of drug-likeness (QED) is 0.606. The van der Waals surface area contributed by atoms with Crippen molar-refractivity contribution in [3.05, 3.63) is 12.4 Å². The first-order valence-corrected chi connectivity index (χ1v) is 7.13. The van der Waals surface area contributed by atoms with E-state index in [1.54, 1.807) is 6.20 Å². The Labute approximate surface area is 115 Å². The monoisotopic (exact) mass is 271 g/mol. The van der Waals surface area contributed by atoms with Crippen molar-refractivity contribution >= 4 is 5.95 Å². The van der Waals surface area contributed by atoms with Gasteiger partial charge < -0.3 is 15.0 Å². The Morgan fingerprint density at radius 1 is 1.37 bits per heavy atom. The van der Waals surface area contributed by atoms with E-state index in [0.29, 0.717) is 18.9 Å². The molecule has 2 N–H and O–H groups in total. The van der Waals surface area contributed by atoms with Gasteiger partial charge in [-0.3, -0.25) is 4.39 Å². The fraction of sp³-hybridized carbons (Fsp3) is 0.786. The van der Waals surface area contributed by atoms with Crippen molar-refractivity contribution in [3.63, 3.8) is 0 Å². The number of H-pyrrole nitrogens is 1. The molecule has 1 aromatic rings. The predicted molar refractivity (Wildman–Crippen MR) is 76.1 cm³/mol. The molecule has 110 valence electrons. The maximum atomic E-state index is 11.9. The van der Waals surface area contributed by atoms with Crippen LogP contribution in [0.15, 0.2) is 12.4 Å². The summed E-state index contributed by atoms with van der Waals surface area (Å²) < 4.78 is 17.4. The molecule has 19 heavy (non-hydrogen) atoms. The molecule has 0 spiro atoms. The molecule has 0 aliphatic rings. The average molecular weight is 271 g/mol. The van der Waals surface area contributed by atoms with E-state index >= 15 is 0 Å². The molecule has 1 rings (SSSR count). The van der Waals surface area contributed by atoms with Crippen molar-refractivity contribution in [2.24, 2.45) is 5.92 Å². The molecule has 1 heterocycles. The van der Waals surface area contributed by atoms with Crippen molar-refractivity contribution in [2.45, 2.75) is 45.6 Å². The highest BCUT2D eigenvalue weighted by molar-refractivity contribution is 5.22. The van der Waals surface area contributed by atoms with Gasteiger partial charge in [0.25, 0.3) is 0 Å². The van der Waals surface area contributed by atoms with E-state index in [2.05, 4.69) is 29.1 Å². The zero-order valence-electron chi connectivity index (χ0n) is 12.0. The van der Waals surface area contributed by atoms with E-state index in [1.165, 1.54) is 0 Å². The van der Waals surface area contributed by atoms with Crippen LogP contribution in [-0.2, 0) is 4.74 Å². The molecule has 0 saturated heterocycles. The minimum Gasteiger partial charge on any atom is -0.378 e. The van der Waals surface area contributed by atoms with Gasteiger partial charge in [0, 0.05) is 25.5 Å². The van der Waals surface area contributed by atoms with Crippen LogP contribution in [0.5, 0.6) is 0 Å². The van der Waals surface area contributed by atoms with Crippen LogP contribution in [0.3, 0.4) is 0 Å². The third-order valence-corrected chi connectivity index (χ3v) is 3.10. The lowest BCUT2D eigenvalue weighted by Crippen LogP contribution is -2.14. The third-order valence-electron chi connectivity index (χ3n) is 3.10. The van der Waals surface area contributed by atoms with Gasteiger partial charge in [-0.05, 0) is 32.1 Å². The lowest BCUT2D eigenvalue weighted by atomic mass is 10.0. The largest absolute Gasteiger partial charge is 0.378 e. The summed E-state index contributed by atoms with van der Waals surface area (Å²) in [6.07, 6.45) is 7.62. The van der Waals surface area contributed by atoms with Gasteiger partial charge in [-0.25, -0.2) is 4.98 Å². The van der Waals surface area contributed by atoms with E-state index in [9.17, 15) is 4.39 Å². The normalized spacial score (nSPS) is 14.3. The summed E-state index contributed by atoms with van der Waals surface area (Å²) in [5.41, 5.74) is 0. The van der Waals surface area contributed by atoms with Crippen molar-refractivity contribution in [3.8, 4) is 0 Å². The second-order valence-corrected chi connectivity index (χ2v) is 5.08. The number of halogens is 1. The highest BCUT2D eigenvalue weighted by Gasteiger charge is 2.06. The second-order valence-electron chi connectivity index (χ2n) is 5.08. The SMILES string of the molecule is CC(CCCC(C)OCCCF)CNc1ncc[nH]1. The molecule has 0 aliphatic heterocycles. The molecule has 2 atom stereocenters. The van der Waals surface area contributed by atoms with Crippen molar-refractivity contribution in [1.82, 2.24) is 9.97 Å². The maximum Gasteiger partial charge on any atom is 0.200 e. The molecule has 0 aliphatic carbocycles. The first-order valence-electron chi connectivity index (χ1n) is 7.13. The van der Waals surface area contributed by atoms with Crippen molar-refractivity contribution < 1.29 is 9.13 Å². The number of aromatic amines is 1. The summed E-state index contributed by atoms with van der Waals surface area (Å²) >= 11 is 0. The van der Waals surface area contributed by atoms with Gasteiger partial charge >= 0.3 is 0 Å². The number of hydrogen-bond donors (Lipinski definition) is 2. The summed E-state index contributed by atoms with van der Waals surface area (Å²) in [5, 5.41) is 3.26. The summed E-state index contributed by atoms with van der Waals surface area (Å²) in [5.74, 6) is 1.43. The lowest BCUT2D eigenvalue weighted by Gasteiger charge is -2.15. The highest BCUT2D eigenvalue weighted by atomic mass is 19.1. The van der Waals surface area contributed by atoms with Crippen LogP contribution in [-0.4, -0.2) is 35.9 Å². The first-order chi connectivity index (χ1) is 9.22. The molecule has 5 heteroatoms. The first kappa shape index (κ1) is 16.0. The van der Waals surface area contributed by atoms with Crippen LogP contribution in [0.1, 0.15) is 39.5 Å². The predicted octanol–water partition coefficient (Wildman–Crippen LogP) is 3.39. The van der Waals surface area contributed by atoms with E-state index in [0.717, 1.165) is 31.8 Å². The molecule has 4 nitrogen and oxygen atoms in total. The smallest absolute Gasteiger partial charge is 0.200 e. The number of hydrogen-bond acceptors (Lipinski definition) is 3. The standard InChI is InChI=1S/C14H26FN3O/c1-12(11-18-14-16-8-9-17-14)5-3-6-13(2)19-10-4-7-15/h8-9,12-13H,3-7,10-11H2,1-2H3,(H2,16,17,18). The summed E-state index contributed by atoms with van der Waals surface area (Å²) in [6, 6.07) is 0. The van der Waals surface area contributed by atoms with Gasteiger partial charge in [-0.2, -0.15) is 0 Å². The van der Waals surface area contributed by atoms with Crippen LogP contribution in [0.25, 0.3) is 0 Å². The highest BCUT2D eigenvalue weighted by Crippen LogP contribution is 2.12. The topological polar surface area (TPSA) is 49.9 Å². The number of imidazole rings is 1. The summed E-state index contributed by atoms with van der Waals surface area (Å²) in [6.45, 7) is 5.45. The number of alkyl halides is 1. The van der Waals surface area contributed by atoms with Gasteiger partial charge in [0.1, 0.15) is 0 Å². The Kier molecular flexibility index (Phi) is 8.21. The Morgan fingerprint density at radius 3 is 2.89 bits per heavy atom. The van der Waals surface area contributed by atoms with Crippen LogP contribution >= 0.6 is 0 Å². The Morgan fingerprint density at radius 2 is 2.21 bits per heavy atom. The van der Waals surface area contributed by atoms with Gasteiger partial charge in [0.15, 0.2) is 5.95 Å². The second kappa shape index (κ2) is 9.78. The number of anilines is 1. The Bertz CT molecular complexity index is 306. The molecule has 0 bridgehead atoms. The van der Waals surface area contributed by atoms with E-state index in [1.807, 2.05) is 6.20 Å². The average Bonchev–Trinajstić information content (AvgIpc) is 2.90. The minimum absolute atomic E-state index is 0.233. The van der Waals surface area contributed by atoms with E-state index < -0.39 is 0 Å². The van der Waals surface area contributed by atoms with Gasteiger partial charge in [0.2, 0.25) is 0 Å². The minimum atomic E-state index is -0.289. The number of rotatable bonds is 11. The van der Waals surface area contributed by atoms with Gasteiger partial charge in [-0.1, -0.05) is 13.3 Å². The fourth-order valence-electron chi connectivity index (χ4n) is 1.91. The number of aromatic nitrogens is 2. The van der Waals surface area contributed by atoms with Crippen LogP contribution in [0.2, 0.25) is 0 Å². The Balaban J connectivity index is 1.98. The molecule has 0 saturated carbocycles.